The van der Waals surface area contributed by atoms with Crippen molar-refractivity contribution in [1.29, 1.82) is 0 Å². The lowest BCUT2D eigenvalue weighted by molar-refractivity contribution is -0.139. The van der Waals surface area contributed by atoms with Crippen molar-refractivity contribution in [3.05, 3.63) is 11.9 Å². The SMILES string of the molecule is O=C(NOCCn1ncc(CO)n1)[C@@H]1CC[C@@H]2CN1C(=O)N2OS(=O)(=O)O. The third kappa shape index (κ3) is 4.51. The van der Waals surface area contributed by atoms with Gasteiger partial charge in [0, 0.05) is 6.54 Å². The molecule has 1 aromatic rings. The first-order valence-electron chi connectivity index (χ1n) is 7.97. The molecule has 3 rings (SSSR count). The molecule has 15 heteroatoms. The van der Waals surface area contributed by atoms with E-state index < -0.39 is 34.4 Å². The normalized spacial score (nSPS) is 22.4. The molecule has 2 fully saturated rings. The standard InChI is InChI=1S/C12H18N6O8S/c19-7-8-5-13-17(14-8)3-4-25-15-11(20)10-2-1-9-6-16(10)12(21)18(9)26-27(22,23)24/h5,9-10,19H,1-4,6-7H2,(H,15,20)(H,22,23,24)/t9-,10+/m1/s1. The third-order valence-corrected chi connectivity index (χ3v) is 4.46. The van der Waals surface area contributed by atoms with Crippen molar-refractivity contribution in [2.45, 2.75) is 38.1 Å². The zero-order valence-corrected chi connectivity index (χ0v) is 14.8. The fourth-order valence-corrected chi connectivity index (χ4v) is 3.32. The lowest BCUT2D eigenvalue weighted by Crippen LogP contribution is -2.49. The van der Waals surface area contributed by atoms with Crippen LogP contribution in [0.3, 0.4) is 0 Å². The number of hydrogen-bond donors (Lipinski definition) is 3. The quantitative estimate of drug-likeness (QED) is 0.244. The Morgan fingerprint density at radius 3 is 2.85 bits per heavy atom. The molecule has 2 aliphatic rings. The van der Waals surface area contributed by atoms with E-state index in [4.69, 9.17) is 14.5 Å². The van der Waals surface area contributed by atoms with Gasteiger partial charge in [0.05, 0.1) is 32.0 Å². The second kappa shape index (κ2) is 7.73. The maximum atomic E-state index is 12.3. The van der Waals surface area contributed by atoms with E-state index in [1.54, 1.807) is 0 Å². The first-order chi connectivity index (χ1) is 12.8. The predicted molar refractivity (Wildman–Crippen MR) is 83.4 cm³/mol. The van der Waals surface area contributed by atoms with Crippen LogP contribution in [0.4, 0.5) is 4.79 Å². The van der Waals surface area contributed by atoms with Crippen LogP contribution < -0.4 is 5.48 Å². The number of rotatable bonds is 8. The topological polar surface area (TPSA) is 176 Å². The number of hydrogen-bond acceptors (Lipinski definition) is 9. The van der Waals surface area contributed by atoms with Crippen LogP contribution >= 0.6 is 0 Å². The van der Waals surface area contributed by atoms with E-state index in [0.29, 0.717) is 17.2 Å². The van der Waals surface area contributed by atoms with Gasteiger partial charge in [0.25, 0.3) is 5.91 Å². The Hall–Kier alpha value is -2.33. The average molecular weight is 406 g/mol. The molecular formula is C12H18N6O8S. The number of nitrogens with one attached hydrogen (secondary N) is 1. The van der Waals surface area contributed by atoms with Crippen LogP contribution in [0.2, 0.25) is 0 Å². The van der Waals surface area contributed by atoms with Crippen molar-refractivity contribution in [3.8, 4) is 0 Å². The summed E-state index contributed by atoms with van der Waals surface area (Å²) in [6.07, 6.45) is 1.99. The molecule has 3 amide bonds. The number of aliphatic hydroxyl groups excluding tert-OH is 1. The second-order valence-corrected chi connectivity index (χ2v) is 6.92. The molecule has 0 aliphatic carbocycles. The van der Waals surface area contributed by atoms with E-state index in [1.807, 2.05) is 0 Å². The first-order valence-corrected chi connectivity index (χ1v) is 9.33. The van der Waals surface area contributed by atoms with Crippen molar-refractivity contribution in [1.82, 2.24) is 30.4 Å². The lowest BCUT2D eigenvalue weighted by atomic mass is 10.0. The molecule has 3 heterocycles. The van der Waals surface area contributed by atoms with Gasteiger partial charge in [-0.1, -0.05) is 0 Å². The van der Waals surface area contributed by atoms with Crippen molar-refractivity contribution >= 4 is 22.3 Å². The summed E-state index contributed by atoms with van der Waals surface area (Å²) in [5.41, 5.74) is 2.63. The van der Waals surface area contributed by atoms with Crippen molar-refractivity contribution < 1.29 is 36.8 Å². The summed E-state index contributed by atoms with van der Waals surface area (Å²) < 4.78 is 34.7. The highest BCUT2D eigenvalue weighted by atomic mass is 32.3. The van der Waals surface area contributed by atoms with Gasteiger partial charge in [0.2, 0.25) is 0 Å². The third-order valence-electron chi connectivity index (χ3n) is 4.11. The summed E-state index contributed by atoms with van der Waals surface area (Å²) in [7, 11) is -4.84. The van der Waals surface area contributed by atoms with Gasteiger partial charge in [-0.2, -0.15) is 28.5 Å². The molecule has 150 valence electrons. The fraction of sp³-hybridized carbons (Fsp3) is 0.667. The molecule has 0 aromatic carbocycles. The zero-order chi connectivity index (χ0) is 19.6. The monoisotopic (exact) mass is 406 g/mol. The zero-order valence-electron chi connectivity index (χ0n) is 14.0. The van der Waals surface area contributed by atoms with Gasteiger partial charge >= 0.3 is 16.4 Å². The van der Waals surface area contributed by atoms with E-state index in [9.17, 15) is 18.0 Å². The number of carbonyl (C=O) groups is 2. The minimum Gasteiger partial charge on any atom is -0.390 e. The summed E-state index contributed by atoms with van der Waals surface area (Å²) >= 11 is 0. The van der Waals surface area contributed by atoms with Gasteiger partial charge in [-0.15, -0.1) is 4.28 Å². The van der Waals surface area contributed by atoms with Crippen LogP contribution in [0.25, 0.3) is 0 Å². The molecule has 0 radical (unpaired) electrons. The Morgan fingerprint density at radius 2 is 2.19 bits per heavy atom. The number of piperidine rings is 1. The van der Waals surface area contributed by atoms with Crippen LogP contribution in [0, 0.1) is 0 Å². The first kappa shape index (κ1) is 19.4. The fourth-order valence-electron chi connectivity index (χ4n) is 2.93. The highest BCUT2D eigenvalue weighted by molar-refractivity contribution is 7.80. The molecular weight excluding hydrogens is 388 g/mol. The average Bonchev–Trinajstić information content (AvgIpc) is 3.17. The maximum absolute atomic E-state index is 12.3. The van der Waals surface area contributed by atoms with Crippen LogP contribution in [0.5, 0.6) is 0 Å². The maximum Gasteiger partial charge on any atom is 0.418 e. The molecule has 2 bridgehead atoms. The highest BCUT2D eigenvalue weighted by Crippen LogP contribution is 2.30. The minimum absolute atomic E-state index is 0.0482. The van der Waals surface area contributed by atoms with Crippen LogP contribution in [0.1, 0.15) is 18.5 Å². The molecule has 1 aromatic heterocycles. The largest absolute Gasteiger partial charge is 0.418 e. The van der Waals surface area contributed by atoms with Crippen molar-refractivity contribution in [2.75, 3.05) is 13.2 Å². The number of amides is 3. The Labute approximate surface area is 153 Å². The Morgan fingerprint density at radius 1 is 1.41 bits per heavy atom. The summed E-state index contributed by atoms with van der Waals surface area (Å²) in [5.74, 6) is -0.569. The molecule has 2 saturated heterocycles. The van der Waals surface area contributed by atoms with Crippen LogP contribution in [-0.4, -0.2) is 80.2 Å². The van der Waals surface area contributed by atoms with Gasteiger partial charge in [0.15, 0.2) is 0 Å². The number of aliphatic hydroxyl groups is 1. The molecule has 3 N–H and O–H groups in total. The van der Waals surface area contributed by atoms with Gasteiger partial charge < -0.3 is 10.0 Å². The smallest absolute Gasteiger partial charge is 0.390 e. The molecule has 2 atom stereocenters. The Bertz CT molecular complexity index is 813. The van der Waals surface area contributed by atoms with Crippen molar-refractivity contribution in [3.63, 3.8) is 0 Å². The molecule has 2 aliphatic heterocycles. The van der Waals surface area contributed by atoms with Gasteiger partial charge in [0.1, 0.15) is 11.7 Å². The van der Waals surface area contributed by atoms with Gasteiger partial charge in [-0.25, -0.2) is 10.3 Å². The predicted octanol–water partition coefficient (Wildman–Crippen LogP) is -2.18. The molecule has 0 unspecified atom stereocenters. The van der Waals surface area contributed by atoms with E-state index in [-0.39, 0.29) is 32.7 Å². The van der Waals surface area contributed by atoms with Crippen LogP contribution in [0.15, 0.2) is 6.20 Å². The Balaban J connectivity index is 1.48. The molecule has 0 saturated carbocycles. The van der Waals surface area contributed by atoms with Crippen LogP contribution in [-0.2, 0) is 37.5 Å². The minimum atomic E-state index is -4.84. The van der Waals surface area contributed by atoms with Crippen molar-refractivity contribution in [2.24, 2.45) is 0 Å². The number of hydroxylamine groups is 3. The second-order valence-electron chi connectivity index (χ2n) is 5.91. The number of urea groups is 1. The Kier molecular flexibility index (Phi) is 5.56. The molecule has 0 spiro atoms. The van der Waals surface area contributed by atoms with E-state index in [1.165, 1.54) is 11.0 Å². The summed E-state index contributed by atoms with van der Waals surface area (Å²) in [5, 5.41) is 17.3. The molecule has 27 heavy (non-hydrogen) atoms. The summed E-state index contributed by atoms with van der Waals surface area (Å²) in [6.45, 7) is 0.133. The van der Waals surface area contributed by atoms with E-state index in [0.717, 1.165) is 4.90 Å². The number of fused-ring (bicyclic) bond motifs is 2. The lowest BCUT2D eigenvalue weighted by Gasteiger charge is -2.28. The van der Waals surface area contributed by atoms with Gasteiger partial charge in [-0.05, 0) is 12.8 Å². The number of aromatic nitrogens is 3. The summed E-state index contributed by atoms with van der Waals surface area (Å²) in [6, 6.07) is -2.25. The number of nitrogens with zero attached hydrogens (tertiary/aromatic N) is 5. The highest BCUT2D eigenvalue weighted by Gasteiger charge is 2.49. The van der Waals surface area contributed by atoms with Gasteiger partial charge in [-0.3, -0.25) is 14.2 Å². The number of carbonyl (C=O) groups excluding carboxylic acids is 2. The van der Waals surface area contributed by atoms with E-state index in [2.05, 4.69) is 20.0 Å². The summed E-state index contributed by atoms with van der Waals surface area (Å²) in [4.78, 5) is 32.0. The van der Waals surface area contributed by atoms with E-state index >= 15 is 0 Å². The molecule has 14 nitrogen and oxygen atoms in total.